The van der Waals surface area contributed by atoms with Crippen LogP contribution in [0, 0.1) is 0 Å². The number of ether oxygens (including phenoxy) is 3. The van der Waals surface area contributed by atoms with E-state index in [-0.39, 0.29) is 42.4 Å². The number of hydrogen-bond acceptors (Lipinski definition) is 4. The van der Waals surface area contributed by atoms with Crippen LogP contribution in [-0.4, -0.2) is 51.6 Å². The fourth-order valence-corrected chi connectivity index (χ4v) is 2.95. The maximum absolute atomic E-state index is 12.6. The van der Waals surface area contributed by atoms with E-state index in [1.165, 1.54) is 12.1 Å². The molecule has 0 aromatic heterocycles. The third-order valence-corrected chi connectivity index (χ3v) is 4.31. The minimum atomic E-state index is -2.90. The molecule has 0 amide bonds. The molecule has 166 valence electrons. The van der Waals surface area contributed by atoms with Gasteiger partial charge < -0.3 is 24.8 Å². The Bertz CT molecular complexity index is 620. The van der Waals surface area contributed by atoms with E-state index in [0.717, 1.165) is 25.9 Å². The molecule has 0 saturated carbocycles. The standard InChI is InChI=1S/C19H28ClF2N3O3.HI/c1-2-23-19(24-8-4-9-26-13-16-5-3-10-27-16)25-12-14-11-15(20)6-7-17(14)28-18(21)22;/h6-7,11,16,18H,2-5,8-10,12-13H2,1H3,(H2,23,24,25);1H. The van der Waals surface area contributed by atoms with Crippen molar-refractivity contribution in [2.75, 3.05) is 32.9 Å². The molecule has 1 atom stereocenters. The highest BCUT2D eigenvalue weighted by Gasteiger charge is 2.15. The van der Waals surface area contributed by atoms with Gasteiger partial charge in [0, 0.05) is 36.9 Å². The lowest BCUT2D eigenvalue weighted by Gasteiger charge is -2.13. The number of hydrogen-bond donors (Lipinski definition) is 2. The molecule has 1 aliphatic rings. The van der Waals surface area contributed by atoms with E-state index in [1.54, 1.807) is 6.07 Å². The highest BCUT2D eigenvalue weighted by Crippen LogP contribution is 2.25. The SMILES string of the molecule is CCNC(=NCc1cc(Cl)ccc1OC(F)F)NCCCOCC1CCCO1.I. The van der Waals surface area contributed by atoms with Crippen molar-refractivity contribution in [3.8, 4) is 5.75 Å². The molecule has 1 fully saturated rings. The Morgan fingerprint density at radius 2 is 2.21 bits per heavy atom. The summed E-state index contributed by atoms with van der Waals surface area (Å²) in [7, 11) is 0. The van der Waals surface area contributed by atoms with Crippen LogP contribution in [0.1, 0.15) is 31.7 Å². The molecule has 1 aromatic rings. The Balaban J connectivity index is 0.00000420. The molecule has 0 radical (unpaired) electrons. The zero-order chi connectivity index (χ0) is 20.2. The highest BCUT2D eigenvalue weighted by atomic mass is 127. The highest BCUT2D eigenvalue weighted by molar-refractivity contribution is 14.0. The van der Waals surface area contributed by atoms with Crippen LogP contribution in [-0.2, 0) is 16.0 Å². The van der Waals surface area contributed by atoms with Crippen molar-refractivity contribution in [2.45, 2.75) is 45.4 Å². The minimum absolute atomic E-state index is 0. The average Bonchev–Trinajstić information content (AvgIpc) is 3.17. The fourth-order valence-electron chi connectivity index (χ4n) is 2.76. The number of nitrogens with zero attached hydrogens (tertiary/aromatic N) is 1. The van der Waals surface area contributed by atoms with Gasteiger partial charge in [-0.3, -0.25) is 0 Å². The number of aliphatic imine (C=N–C) groups is 1. The van der Waals surface area contributed by atoms with Gasteiger partial charge in [0.15, 0.2) is 5.96 Å². The molecule has 2 N–H and O–H groups in total. The molecule has 1 aliphatic heterocycles. The van der Waals surface area contributed by atoms with Gasteiger partial charge in [-0.15, -0.1) is 24.0 Å². The van der Waals surface area contributed by atoms with Crippen molar-refractivity contribution >= 4 is 41.5 Å². The van der Waals surface area contributed by atoms with E-state index >= 15 is 0 Å². The third kappa shape index (κ3) is 10.6. The first kappa shape index (κ1) is 26.1. The molecular formula is C19H29ClF2IN3O3. The summed E-state index contributed by atoms with van der Waals surface area (Å²) in [5.74, 6) is 0.658. The maximum Gasteiger partial charge on any atom is 0.387 e. The molecule has 29 heavy (non-hydrogen) atoms. The van der Waals surface area contributed by atoms with E-state index in [2.05, 4.69) is 20.4 Å². The Hall–Kier alpha value is -0.910. The van der Waals surface area contributed by atoms with Gasteiger partial charge in [-0.25, -0.2) is 4.99 Å². The Labute approximate surface area is 192 Å². The summed E-state index contributed by atoms with van der Waals surface area (Å²) >= 11 is 5.96. The molecule has 1 unspecified atom stereocenters. The van der Waals surface area contributed by atoms with E-state index in [1.807, 2.05) is 6.92 Å². The van der Waals surface area contributed by atoms with Crippen molar-refractivity contribution in [3.63, 3.8) is 0 Å². The number of guanidine groups is 1. The molecule has 0 aliphatic carbocycles. The summed E-state index contributed by atoms with van der Waals surface area (Å²) in [6.07, 6.45) is 3.22. The number of nitrogens with one attached hydrogen (secondary N) is 2. The molecular weight excluding hydrogens is 519 g/mol. The van der Waals surface area contributed by atoms with Gasteiger partial charge in [0.05, 0.1) is 19.3 Å². The van der Waals surface area contributed by atoms with Crippen LogP contribution >= 0.6 is 35.6 Å². The summed E-state index contributed by atoms with van der Waals surface area (Å²) in [6.45, 7) is 2.66. The Morgan fingerprint density at radius 3 is 2.90 bits per heavy atom. The molecule has 1 heterocycles. The zero-order valence-electron chi connectivity index (χ0n) is 16.5. The van der Waals surface area contributed by atoms with E-state index in [4.69, 9.17) is 21.1 Å². The van der Waals surface area contributed by atoms with Gasteiger partial charge in [0.25, 0.3) is 0 Å². The molecule has 1 saturated heterocycles. The van der Waals surface area contributed by atoms with E-state index in [9.17, 15) is 8.78 Å². The smallest absolute Gasteiger partial charge is 0.387 e. The first-order chi connectivity index (χ1) is 13.6. The second kappa shape index (κ2) is 15.0. The Morgan fingerprint density at radius 1 is 1.38 bits per heavy atom. The third-order valence-electron chi connectivity index (χ3n) is 4.08. The van der Waals surface area contributed by atoms with Crippen molar-refractivity contribution in [2.24, 2.45) is 4.99 Å². The first-order valence-electron chi connectivity index (χ1n) is 9.53. The van der Waals surface area contributed by atoms with Gasteiger partial charge in [0.2, 0.25) is 0 Å². The largest absolute Gasteiger partial charge is 0.434 e. The number of benzene rings is 1. The fraction of sp³-hybridized carbons (Fsp3) is 0.632. The van der Waals surface area contributed by atoms with Crippen LogP contribution in [0.15, 0.2) is 23.2 Å². The van der Waals surface area contributed by atoms with Crippen molar-refractivity contribution < 1.29 is 23.0 Å². The quantitative estimate of drug-likeness (QED) is 0.188. The molecule has 0 bridgehead atoms. The normalized spacial score (nSPS) is 16.6. The predicted molar refractivity (Wildman–Crippen MR) is 121 cm³/mol. The van der Waals surface area contributed by atoms with Gasteiger partial charge >= 0.3 is 6.61 Å². The van der Waals surface area contributed by atoms with Gasteiger partial charge in [-0.2, -0.15) is 8.78 Å². The number of alkyl halides is 2. The monoisotopic (exact) mass is 547 g/mol. The van der Waals surface area contributed by atoms with Crippen molar-refractivity contribution in [1.29, 1.82) is 0 Å². The molecule has 1 aromatic carbocycles. The van der Waals surface area contributed by atoms with Gasteiger partial charge in [0.1, 0.15) is 5.75 Å². The molecule has 6 nitrogen and oxygen atoms in total. The number of halogens is 4. The first-order valence-corrected chi connectivity index (χ1v) is 9.91. The van der Waals surface area contributed by atoms with Crippen molar-refractivity contribution in [1.82, 2.24) is 10.6 Å². The summed E-state index contributed by atoms with van der Waals surface area (Å²) < 4.78 is 40.8. The summed E-state index contributed by atoms with van der Waals surface area (Å²) in [5.41, 5.74) is 0.491. The minimum Gasteiger partial charge on any atom is -0.434 e. The average molecular weight is 548 g/mol. The summed E-state index contributed by atoms with van der Waals surface area (Å²) in [5, 5.41) is 6.76. The predicted octanol–water partition coefficient (Wildman–Crippen LogP) is 4.20. The van der Waals surface area contributed by atoms with Crippen molar-refractivity contribution in [3.05, 3.63) is 28.8 Å². The van der Waals surface area contributed by atoms with Crippen LogP contribution < -0.4 is 15.4 Å². The van der Waals surface area contributed by atoms with Gasteiger partial charge in [-0.1, -0.05) is 11.6 Å². The van der Waals surface area contributed by atoms with Crippen LogP contribution in [0.3, 0.4) is 0 Å². The van der Waals surface area contributed by atoms with E-state index < -0.39 is 6.61 Å². The van der Waals surface area contributed by atoms with E-state index in [0.29, 0.717) is 42.8 Å². The lowest BCUT2D eigenvalue weighted by molar-refractivity contribution is -0.0504. The van der Waals surface area contributed by atoms with Crippen LogP contribution in [0.25, 0.3) is 0 Å². The maximum atomic E-state index is 12.6. The molecule has 2 rings (SSSR count). The second-order valence-corrected chi connectivity index (χ2v) is 6.75. The van der Waals surface area contributed by atoms with Gasteiger partial charge in [-0.05, 0) is 44.4 Å². The lowest BCUT2D eigenvalue weighted by atomic mass is 10.2. The molecule has 0 spiro atoms. The zero-order valence-corrected chi connectivity index (χ0v) is 19.6. The topological polar surface area (TPSA) is 64.1 Å². The second-order valence-electron chi connectivity index (χ2n) is 6.32. The van der Waals surface area contributed by atoms with Crippen LogP contribution in [0.4, 0.5) is 8.78 Å². The number of rotatable bonds is 11. The lowest BCUT2D eigenvalue weighted by Crippen LogP contribution is -2.38. The summed E-state index contributed by atoms with van der Waals surface area (Å²) in [4.78, 5) is 4.42. The van der Waals surface area contributed by atoms with Crippen LogP contribution in [0.2, 0.25) is 5.02 Å². The molecule has 10 heteroatoms. The summed E-state index contributed by atoms with van der Waals surface area (Å²) in [6, 6.07) is 4.50. The van der Waals surface area contributed by atoms with Crippen LogP contribution in [0.5, 0.6) is 5.75 Å². The Kier molecular flexibility index (Phi) is 13.5.